The Morgan fingerprint density at radius 1 is 1.22 bits per heavy atom. The van der Waals surface area contributed by atoms with Gasteiger partial charge in [0, 0.05) is 40.9 Å². The van der Waals surface area contributed by atoms with E-state index in [1.165, 1.54) is 11.6 Å². The minimum atomic E-state index is -0.373. The number of imidazole rings is 1. The first-order chi connectivity index (χ1) is 10.9. The summed E-state index contributed by atoms with van der Waals surface area (Å²) in [5.74, 6) is 0.956. The fourth-order valence-electron chi connectivity index (χ4n) is 2.54. The highest BCUT2D eigenvalue weighted by Crippen LogP contribution is 2.17. The Kier molecular flexibility index (Phi) is 5.25. The van der Waals surface area contributed by atoms with Gasteiger partial charge in [0.15, 0.2) is 11.2 Å². The van der Waals surface area contributed by atoms with Gasteiger partial charge in [0.25, 0.3) is 5.56 Å². The zero-order valence-electron chi connectivity index (χ0n) is 14.4. The van der Waals surface area contributed by atoms with Crippen molar-refractivity contribution in [1.82, 2.24) is 18.7 Å². The second-order valence-electron chi connectivity index (χ2n) is 6.09. The van der Waals surface area contributed by atoms with E-state index < -0.39 is 0 Å². The van der Waals surface area contributed by atoms with Gasteiger partial charge in [0.1, 0.15) is 0 Å². The second kappa shape index (κ2) is 6.99. The number of aromatic nitrogens is 4. The molecule has 0 unspecified atom stereocenters. The Morgan fingerprint density at radius 2 is 1.91 bits per heavy atom. The lowest BCUT2D eigenvalue weighted by atomic mass is 10.2. The van der Waals surface area contributed by atoms with Gasteiger partial charge in [-0.15, -0.1) is 0 Å². The normalized spacial score (nSPS) is 11.6. The van der Waals surface area contributed by atoms with Crippen molar-refractivity contribution in [1.29, 1.82) is 0 Å². The van der Waals surface area contributed by atoms with Gasteiger partial charge in [0.2, 0.25) is 5.95 Å². The Morgan fingerprint density at radius 3 is 2.52 bits per heavy atom. The van der Waals surface area contributed by atoms with Crippen LogP contribution in [0.3, 0.4) is 0 Å². The number of nitrogens with one attached hydrogen (secondary N) is 1. The number of ether oxygens (including phenoxy) is 1. The highest BCUT2D eigenvalue weighted by Gasteiger charge is 2.19. The van der Waals surface area contributed by atoms with Gasteiger partial charge in [0.05, 0.1) is 0 Å². The Labute approximate surface area is 134 Å². The molecule has 2 aromatic heterocycles. The largest absolute Gasteiger partial charge is 0.385 e. The summed E-state index contributed by atoms with van der Waals surface area (Å²) in [6.45, 7) is 6.14. The van der Waals surface area contributed by atoms with Crippen LogP contribution in [0.1, 0.15) is 20.3 Å². The maximum atomic E-state index is 12.5. The molecule has 0 saturated heterocycles. The van der Waals surface area contributed by atoms with Crippen LogP contribution in [0, 0.1) is 5.92 Å². The first-order valence-corrected chi connectivity index (χ1v) is 7.77. The van der Waals surface area contributed by atoms with Crippen LogP contribution in [-0.2, 0) is 25.4 Å². The third-order valence-electron chi connectivity index (χ3n) is 3.70. The van der Waals surface area contributed by atoms with Crippen LogP contribution in [0.4, 0.5) is 5.95 Å². The quantitative estimate of drug-likeness (QED) is 0.752. The van der Waals surface area contributed by atoms with E-state index in [1.54, 1.807) is 14.2 Å². The SMILES string of the molecule is COCCCNc1nc2c(c(=O)n(C)c(=O)n2C)n1CC(C)C. The number of hydrogen-bond donors (Lipinski definition) is 1. The van der Waals surface area contributed by atoms with Gasteiger partial charge in [-0.3, -0.25) is 13.9 Å². The molecule has 0 spiro atoms. The summed E-state index contributed by atoms with van der Waals surface area (Å²) in [6.07, 6.45) is 0.832. The molecule has 0 atom stereocenters. The monoisotopic (exact) mass is 323 g/mol. The molecule has 2 heterocycles. The summed E-state index contributed by atoms with van der Waals surface area (Å²) < 4.78 is 9.44. The molecule has 8 nitrogen and oxygen atoms in total. The number of methoxy groups -OCH3 is 1. The van der Waals surface area contributed by atoms with Gasteiger partial charge >= 0.3 is 5.69 Å². The number of rotatable bonds is 7. The summed E-state index contributed by atoms with van der Waals surface area (Å²) in [7, 11) is 4.78. The molecule has 1 N–H and O–H groups in total. The van der Waals surface area contributed by atoms with Crippen molar-refractivity contribution in [2.24, 2.45) is 20.0 Å². The third-order valence-corrected chi connectivity index (χ3v) is 3.70. The molecule has 0 amide bonds. The van der Waals surface area contributed by atoms with E-state index in [9.17, 15) is 9.59 Å². The minimum Gasteiger partial charge on any atom is -0.385 e. The predicted molar refractivity (Wildman–Crippen MR) is 90.0 cm³/mol. The molecule has 0 aromatic carbocycles. The Balaban J connectivity index is 2.58. The van der Waals surface area contributed by atoms with E-state index in [-0.39, 0.29) is 11.2 Å². The molecular formula is C15H25N5O3. The summed E-state index contributed by atoms with van der Waals surface area (Å²) in [4.78, 5) is 29.1. The second-order valence-corrected chi connectivity index (χ2v) is 6.09. The number of aryl methyl sites for hydroxylation is 1. The Bertz CT molecular complexity index is 800. The van der Waals surface area contributed by atoms with Crippen LogP contribution < -0.4 is 16.6 Å². The third kappa shape index (κ3) is 3.31. The molecule has 8 heteroatoms. The minimum absolute atomic E-state index is 0.318. The number of hydrogen-bond acceptors (Lipinski definition) is 5. The van der Waals surface area contributed by atoms with Crippen LogP contribution in [0.5, 0.6) is 0 Å². The maximum Gasteiger partial charge on any atom is 0.332 e. The van der Waals surface area contributed by atoms with E-state index in [0.29, 0.717) is 42.7 Å². The molecule has 2 aromatic rings. The summed E-state index contributed by atoms with van der Waals surface area (Å²) in [5.41, 5.74) is 0.175. The lowest BCUT2D eigenvalue weighted by Gasteiger charge is -2.12. The average molecular weight is 323 g/mol. The van der Waals surface area contributed by atoms with E-state index in [1.807, 2.05) is 4.57 Å². The van der Waals surface area contributed by atoms with Crippen LogP contribution >= 0.6 is 0 Å². The van der Waals surface area contributed by atoms with Crippen molar-refractivity contribution < 1.29 is 4.74 Å². The fraction of sp³-hybridized carbons (Fsp3) is 0.667. The van der Waals surface area contributed by atoms with E-state index in [0.717, 1.165) is 11.0 Å². The van der Waals surface area contributed by atoms with Gasteiger partial charge < -0.3 is 14.6 Å². The molecule has 23 heavy (non-hydrogen) atoms. The lowest BCUT2D eigenvalue weighted by molar-refractivity contribution is 0.197. The highest BCUT2D eigenvalue weighted by atomic mass is 16.5. The summed E-state index contributed by atoms with van der Waals surface area (Å²) in [6, 6.07) is 0. The lowest BCUT2D eigenvalue weighted by Crippen LogP contribution is -2.37. The fourth-order valence-corrected chi connectivity index (χ4v) is 2.54. The highest BCUT2D eigenvalue weighted by molar-refractivity contribution is 5.74. The Hall–Kier alpha value is -2.09. The predicted octanol–water partition coefficient (Wildman–Crippen LogP) is 0.538. The van der Waals surface area contributed by atoms with Crippen molar-refractivity contribution in [3.8, 4) is 0 Å². The molecule has 0 aliphatic heterocycles. The molecule has 0 aliphatic carbocycles. The van der Waals surface area contributed by atoms with Crippen molar-refractivity contribution in [2.45, 2.75) is 26.8 Å². The van der Waals surface area contributed by atoms with Crippen molar-refractivity contribution in [3.63, 3.8) is 0 Å². The van der Waals surface area contributed by atoms with E-state index >= 15 is 0 Å². The smallest absolute Gasteiger partial charge is 0.332 e. The zero-order chi connectivity index (χ0) is 17.1. The average Bonchev–Trinajstić information content (AvgIpc) is 2.85. The number of nitrogens with zero attached hydrogens (tertiary/aromatic N) is 4. The van der Waals surface area contributed by atoms with E-state index in [2.05, 4.69) is 24.1 Å². The molecule has 0 aliphatic rings. The molecule has 0 radical (unpaired) electrons. The van der Waals surface area contributed by atoms with Crippen molar-refractivity contribution in [2.75, 3.05) is 25.6 Å². The molecule has 0 bridgehead atoms. The van der Waals surface area contributed by atoms with Gasteiger partial charge in [-0.05, 0) is 12.3 Å². The molecule has 128 valence electrons. The van der Waals surface area contributed by atoms with Gasteiger partial charge in [-0.2, -0.15) is 4.98 Å². The number of fused-ring (bicyclic) bond motifs is 1. The molecule has 0 saturated carbocycles. The molecular weight excluding hydrogens is 298 g/mol. The van der Waals surface area contributed by atoms with Crippen molar-refractivity contribution >= 4 is 17.1 Å². The molecule has 2 rings (SSSR count). The van der Waals surface area contributed by atoms with Crippen LogP contribution in [0.25, 0.3) is 11.2 Å². The van der Waals surface area contributed by atoms with Crippen LogP contribution in [0.15, 0.2) is 9.59 Å². The number of anilines is 1. The zero-order valence-corrected chi connectivity index (χ0v) is 14.4. The van der Waals surface area contributed by atoms with Gasteiger partial charge in [-0.1, -0.05) is 13.8 Å². The van der Waals surface area contributed by atoms with Crippen molar-refractivity contribution in [3.05, 3.63) is 20.8 Å². The maximum absolute atomic E-state index is 12.5. The topological polar surface area (TPSA) is 83.1 Å². The van der Waals surface area contributed by atoms with Gasteiger partial charge in [-0.25, -0.2) is 4.79 Å². The van der Waals surface area contributed by atoms with E-state index in [4.69, 9.17) is 4.74 Å². The summed E-state index contributed by atoms with van der Waals surface area (Å²) in [5, 5.41) is 3.24. The first-order valence-electron chi connectivity index (χ1n) is 7.77. The standard InChI is InChI=1S/C15H25N5O3/c1-10(2)9-20-11-12(17-14(20)16-7-6-8-23-5)18(3)15(22)19(4)13(11)21/h10H,6-9H2,1-5H3,(H,16,17). The first kappa shape index (κ1) is 17.3. The van der Waals surface area contributed by atoms with Crippen LogP contribution in [-0.4, -0.2) is 38.9 Å². The summed E-state index contributed by atoms with van der Waals surface area (Å²) >= 11 is 0. The van der Waals surface area contributed by atoms with Crippen LogP contribution in [0.2, 0.25) is 0 Å². The molecule has 0 fully saturated rings.